The first kappa shape index (κ1) is 15.6. The molecule has 1 saturated carbocycles. The summed E-state index contributed by atoms with van der Waals surface area (Å²) in [6.45, 7) is 6.28. The zero-order valence-corrected chi connectivity index (χ0v) is 13.2. The number of nitrogens with zero attached hydrogens (tertiary/aromatic N) is 1. The van der Waals surface area contributed by atoms with Gasteiger partial charge in [0.1, 0.15) is 11.1 Å². The molecule has 4 heteroatoms. The third-order valence-electron chi connectivity index (χ3n) is 3.86. The fourth-order valence-electron chi connectivity index (χ4n) is 2.56. The van der Waals surface area contributed by atoms with Crippen molar-refractivity contribution in [1.82, 2.24) is 10.3 Å². The molecule has 112 valence electrons. The Balaban J connectivity index is 1.88. The molecule has 0 aromatic carbocycles. The van der Waals surface area contributed by atoms with Crippen LogP contribution in [0.5, 0.6) is 5.88 Å². The molecule has 0 bridgehead atoms. The van der Waals surface area contributed by atoms with Gasteiger partial charge < -0.3 is 10.1 Å². The summed E-state index contributed by atoms with van der Waals surface area (Å²) in [7, 11) is 0. The number of halogens is 1. The minimum Gasteiger partial charge on any atom is -0.473 e. The van der Waals surface area contributed by atoms with Crippen LogP contribution in [0.4, 0.5) is 0 Å². The summed E-state index contributed by atoms with van der Waals surface area (Å²) in [6.07, 6.45) is 7.96. The molecule has 2 rings (SSSR count). The minimum atomic E-state index is 0.278. The molecule has 1 fully saturated rings. The van der Waals surface area contributed by atoms with Gasteiger partial charge in [0.25, 0.3) is 0 Å². The third kappa shape index (κ3) is 4.64. The van der Waals surface area contributed by atoms with Crippen molar-refractivity contribution in [3.63, 3.8) is 0 Å². The number of rotatable bonds is 6. The van der Waals surface area contributed by atoms with Crippen molar-refractivity contribution in [1.29, 1.82) is 0 Å². The highest BCUT2D eigenvalue weighted by atomic mass is 35.5. The van der Waals surface area contributed by atoms with Crippen LogP contribution in [-0.2, 0) is 6.54 Å². The predicted molar refractivity (Wildman–Crippen MR) is 83.3 cm³/mol. The smallest absolute Gasteiger partial charge is 0.232 e. The van der Waals surface area contributed by atoms with Crippen LogP contribution in [0.3, 0.4) is 0 Å². The topological polar surface area (TPSA) is 34.2 Å². The number of aromatic nitrogens is 1. The molecule has 1 aromatic rings. The predicted octanol–water partition coefficient (Wildman–Crippen LogP) is 4.19. The molecule has 1 aliphatic rings. The van der Waals surface area contributed by atoms with Crippen molar-refractivity contribution in [2.45, 2.75) is 58.6 Å². The van der Waals surface area contributed by atoms with E-state index in [1.807, 2.05) is 12.3 Å². The Labute approximate surface area is 127 Å². The lowest BCUT2D eigenvalue weighted by Gasteiger charge is -2.26. The standard InChI is InChI=1S/C16H25ClN2O/c1-3-8-18-10-13-9-15(17)16(19-11-13)20-14-6-4-12(2)5-7-14/h9,11-12,14,18H,3-8,10H2,1-2H3. The molecule has 0 aliphatic heterocycles. The van der Waals surface area contributed by atoms with Crippen LogP contribution in [0.15, 0.2) is 12.3 Å². The van der Waals surface area contributed by atoms with Crippen molar-refractivity contribution in [3.8, 4) is 5.88 Å². The average Bonchev–Trinajstić information content (AvgIpc) is 2.44. The molecule has 1 heterocycles. The first-order chi connectivity index (χ1) is 9.69. The van der Waals surface area contributed by atoms with Crippen LogP contribution >= 0.6 is 11.6 Å². The van der Waals surface area contributed by atoms with E-state index < -0.39 is 0 Å². The second-order valence-electron chi connectivity index (χ2n) is 5.81. The van der Waals surface area contributed by atoms with Crippen LogP contribution in [0, 0.1) is 5.92 Å². The summed E-state index contributed by atoms with van der Waals surface area (Å²) in [5, 5.41) is 3.97. The Bertz CT molecular complexity index is 417. The lowest BCUT2D eigenvalue weighted by Crippen LogP contribution is -2.23. The number of hydrogen-bond donors (Lipinski definition) is 1. The fraction of sp³-hybridized carbons (Fsp3) is 0.688. The van der Waals surface area contributed by atoms with Gasteiger partial charge in [0.05, 0.1) is 0 Å². The molecule has 1 aliphatic carbocycles. The van der Waals surface area contributed by atoms with E-state index >= 15 is 0 Å². The summed E-state index contributed by atoms with van der Waals surface area (Å²) >= 11 is 6.27. The second kappa shape index (κ2) is 7.84. The van der Waals surface area contributed by atoms with Crippen LogP contribution in [0.2, 0.25) is 5.02 Å². The minimum absolute atomic E-state index is 0.278. The summed E-state index contributed by atoms with van der Waals surface area (Å²) < 4.78 is 5.95. The highest BCUT2D eigenvalue weighted by Gasteiger charge is 2.20. The monoisotopic (exact) mass is 296 g/mol. The first-order valence-corrected chi connectivity index (χ1v) is 8.08. The number of ether oxygens (including phenoxy) is 1. The van der Waals surface area contributed by atoms with Crippen LogP contribution in [-0.4, -0.2) is 17.6 Å². The van der Waals surface area contributed by atoms with Crippen molar-refractivity contribution in [2.24, 2.45) is 5.92 Å². The van der Waals surface area contributed by atoms with Gasteiger partial charge in [0.15, 0.2) is 0 Å². The van der Waals surface area contributed by atoms with E-state index in [4.69, 9.17) is 16.3 Å². The van der Waals surface area contributed by atoms with Crippen molar-refractivity contribution in [2.75, 3.05) is 6.54 Å². The van der Waals surface area contributed by atoms with Gasteiger partial charge in [-0.3, -0.25) is 0 Å². The maximum Gasteiger partial charge on any atom is 0.232 e. The molecule has 0 unspecified atom stereocenters. The van der Waals surface area contributed by atoms with Crippen molar-refractivity contribution < 1.29 is 4.74 Å². The first-order valence-electron chi connectivity index (χ1n) is 7.70. The molecule has 0 spiro atoms. The second-order valence-corrected chi connectivity index (χ2v) is 6.21. The highest BCUT2D eigenvalue weighted by molar-refractivity contribution is 6.31. The largest absolute Gasteiger partial charge is 0.473 e. The average molecular weight is 297 g/mol. The molecule has 1 aromatic heterocycles. The van der Waals surface area contributed by atoms with Gasteiger partial charge in [0.2, 0.25) is 5.88 Å². The van der Waals surface area contributed by atoms with E-state index in [1.54, 1.807) is 0 Å². The zero-order chi connectivity index (χ0) is 14.4. The van der Waals surface area contributed by atoms with E-state index in [-0.39, 0.29) is 6.10 Å². The normalized spacial score (nSPS) is 22.8. The van der Waals surface area contributed by atoms with Gasteiger partial charge in [-0.2, -0.15) is 0 Å². The van der Waals surface area contributed by atoms with E-state index in [0.29, 0.717) is 10.9 Å². The Kier molecular flexibility index (Phi) is 6.11. The molecule has 0 atom stereocenters. The van der Waals surface area contributed by atoms with Gasteiger partial charge in [0, 0.05) is 12.7 Å². The Morgan fingerprint density at radius 3 is 2.75 bits per heavy atom. The summed E-state index contributed by atoms with van der Waals surface area (Å²) in [6, 6.07) is 1.96. The number of nitrogens with one attached hydrogen (secondary N) is 1. The lowest BCUT2D eigenvalue weighted by atomic mass is 9.89. The number of pyridine rings is 1. The molecule has 0 radical (unpaired) electrons. The molecule has 20 heavy (non-hydrogen) atoms. The molecule has 0 amide bonds. The zero-order valence-electron chi connectivity index (χ0n) is 12.5. The fourth-order valence-corrected chi connectivity index (χ4v) is 2.80. The number of hydrogen-bond acceptors (Lipinski definition) is 3. The van der Waals surface area contributed by atoms with Crippen molar-refractivity contribution in [3.05, 3.63) is 22.8 Å². The van der Waals surface area contributed by atoms with Crippen molar-refractivity contribution >= 4 is 11.6 Å². The quantitative estimate of drug-likeness (QED) is 0.799. The molecular weight excluding hydrogens is 272 g/mol. The Morgan fingerprint density at radius 1 is 1.35 bits per heavy atom. The van der Waals surface area contributed by atoms with Crippen LogP contribution in [0.25, 0.3) is 0 Å². The summed E-state index contributed by atoms with van der Waals surface area (Å²) in [5.41, 5.74) is 1.10. The molecular formula is C16H25ClN2O. The van der Waals surface area contributed by atoms with E-state index in [1.165, 1.54) is 12.8 Å². The van der Waals surface area contributed by atoms with Gasteiger partial charge in [-0.1, -0.05) is 25.4 Å². The molecule has 0 saturated heterocycles. The SMILES string of the molecule is CCCNCc1cnc(OC2CCC(C)CC2)c(Cl)c1. The molecule has 3 nitrogen and oxygen atoms in total. The van der Waals surface area contributed by atoms with E-state index in [2.05, 4.69) is 24.1 Å². The van der Waals surface area contributed by atoms with E-state index in [9.17, 15) is 0 Å². The van der Waals surface area contributed by atoms with Gasteiger partial charge in [-0.05, 0) is 56.2 Å². The highest BCUT2D eigenvalue weighted by Crippen LogP contribution is 2.29. The lowest BCUT2D eigenvalue weighted by molar-refractivity contribution is 0.130. The van der Waals surface area contributed by atoms with Crippen LogP contribution in [0.1, 0.15) is 51.5 Å². The van der Waals surface area contributed by atoms with E-state index in [0.717, 1.165) is 43.8 Å². The Morgan fingerprint density at radius 2 is 2.10 bits per heavy atom. The van der Waals surface area contributed by atoms with Crippen LogP contribution < -0.4 is 10.1 Å². The molecule has 1 N–H and O–H groups in total. The van der Waals surface area contributed by atoms with Gasteiger partial charge in [-0.15, -0.1) is 0 Å². The third-order valence-corrected chi connectivity index (χ3v) is 4.13. The summed E-state index contributed by atoms with van der Waals surface area (Å²) in [4.78, 5) is 4.38. The maximum atomic E-state index is 6.27. The Hall–Kier alpha value is -0.800. The van der Waals surface area contributed by atoms with Gasteiger partial charge >= 0.3 is 0 Å². The summed E-state index contributed by atoms with van der Waals surface area (Å²) in [5.74, 6) is 1.41. The van der Waals surface area contributed by atoms with Gasteiger partial charge in [-0.25, -0.2) is 4.98 Å². The maximum absolute atomic E-state index is 6.27.